The quantitative estimate of drug-likeness (QED) is 0.560. The average Bonchev–Trinajstić information content (AvgIpc) is 3.22. The second-order valence-corrected chi connectivity index (χ2v) is 6.38. The minimum Gasteiger partial charge on any atom is -0.484 e. The Labute approximate surface area is 166 Å². The van der Waals surface area contributed by atoms with Gasteiger partial charge in [0.2, 0.25) is 5.82 Å². The molecule has 4 aromatic rings. The zero-order valence-corrected chi connectivity index (χ0v) is 15.5. The van der Waals surface area contributed by atoms with Crippen molar-refractivity contribution in [2.75, 3.05) is 0 Å². The van der Waals surface area contributed by atoms with Gasteiger partial charge in [-0.15, -0.1) is 0 Å². The van der Waals surface area contributed by atoms with E-state index in [1.54, 1.807) is 13.0 Å². The van der Waals surface area contributed by atoms with Crippen LogP contribution in [0.5, 0.6) is 5.75 Å². The van der Waals surface area contributed by atoms with E-state index < -0.39 is 5.56 Å². The number of benzene rings is 2. The summed E-state index contributed by atoms with van der Waals surface area (Å²) in [5.74, 6) is 1.46. The van der Waals surface area contributed by atoms with Gasteiger partial charge in [-0.1, -0.05) is 41.6 Å². The highest BCUT2D eigenvalue weighted by atomic mass is 16.5. The molecule has 0 spiro atoms. The molecule has 2 aromatic heterocycles. The molecule has 0 aliphatic heterocycles. The highest BCUT2D eigenvalue weighted by Gasteiger charge is 2.14. The van der Waals surface area contributed by atoms with Crippen LogP contribution < -0.4 is 10.3 Å². The number of nitrogens with zero attached hydrogens (tertiary/aromatic N) is 3. The molecule has 0 amide bonds. The van der Waals surface area contributed by atoms with Crippen molar-refractivity contribution in [1.82, 2.24) is 15.1 Å². The molecular formula is C22H16N4O3. The smallest absolute Gasteiger partial charge is 0.266 e. The summed E-state index contributed by atoms with van der Waals surface area (Å²) in [5, 5.41) is 13.4. The van der Waals surface area contributed by atoms with E-state index in [4.69, 9.17) is 9.26 Å². The van der Waals surface area contributed by atoms with E-state index in [-0.39, 0.29) is 12.2 Å². The van der Waals surface area contributed by atoms with Crippen molar-refractivity contribution < 1.29 is 9.26 Å². The van der Waals surface area contributed by atoms with Crippen molar-refractivity contribution in [1.29, 1.82) is 5.26 Å². The van der Waals surface area contributed by atoms with Crippen molar-refractivity contribution in [2.24, 2.45) is 0 Å². The van der Waals surface area contributed by atoms with Crippen LogP contribution in [0.1, 0.15) is 17.1 Å². The first-order valence-corrected chi connectivity index (χ1v) is 8.89. The number of para-hydroxylation sites is 1. The highest BCUT2D eigenvalue weighted by Crippen LogP contribution is 2.26. The van der Waals surface area contributed by atoms with E-state index in [1.165, 1.54) is 0 Å². The molecule has 29 heavy (non-hydrogen) atoms. The van der Waals surface area contributed by atoms with Gasteiger partial charge in [-0.3, -0.25) is 4.79 Å². The van der Waals surface area contributed by atoms with Crippen molar-refractivity contribution in [3.8, 4) is 34.3 Å². The Hall–Kier alpha value is -4.18. The van der Waals surface area contributed by atoms with Crippen molar-refractivity contribution in [3.05, 3.63) is 88.2 Å². The molecule has 0 bridgehead atoms. The van der Waals surface area contributed by atoms with Gasteiger partial charge in [-0.25, -0.2) is 0 Å². The van der Waals surface area contributed by atoms with Gasteiger partial charge >= 0.3 is 0 Å². The Bertz CT molecular complexity index is 1250. The van der Waals surface area contributed by atoms with Crippen LogP contribution in [0.2, 0.25) is 0 Å². The fraction of sp³-hybridized carbons (Fsp3) is 0.0909. The van der Waals surface area contributed by atoms with E-state index in [1.807, 2.05) is 60.7 Å². The first-order valence-electron chi connectivity index (χ1n) is 8.89. The summed E-state index contributed by atoms with van der Waals surface area (Å²) in [5.41, 5.74) is 2.32. The largest absolute Gasteiger partial charge is 0.484 e. The summed E-state index contributed by atoms with van der Waals surface area (Å²) in [6.07, 6.45) is 0. The molecule has 0 saturated carbocycles. The predicted molar refractivity (Wildman–Crippen MR) is 106 cm³/mol. The second-order valence-electron chi connectivity index (χ2n) is 6.38. The third kappa shape index (κ3) is 3.92. The maximum absolute atomic E-state index is 12.1. The monoisotopic (exact) mass is 384 g/mol. The number of rotatable bonds is 5. The standard InChI is InChI=1S/C22H16N4O3/c1-14-10-18(19(12-23)22(27)24-14)15-6-5-7-16(11-15)21-25-20(29-26-21)13-28-17-8-3-2-4-9-17/h2-11H,13H2,1H3,(H,24,27). The summed E-state index contributed by atoms with van der Waals surface area (Å²) in [6, 6.07) is 20.4. The summed E-state index contributed by atoms with van der Waals surface area (Å²) < 4.78 is 10.9. The third-order valence-electron chi connectivity index (χ3n) is 4.29. The molecule has 7 nitrogen and oxygen atoms in total. The molecule has 0 radical (unpaired) electrons. The van der Waals surface area contributed by atoms with Crippen molar-refractivity contribution in [3.63, 3.8) is 0 Å². The van der Waals surface area contributed by atoms with Crippen LogP contribution in [0.3, 0.4) is 0 Å². The molecule has 0 fully saturated rings. The molecule has 2 heterocycles. The van der Waals surface area contributed by atoms with Crippen LogP contribution in [0, 0.1) is 18.3 Å². The molecule has 0 saturated heterocycles. The normalized spacial score (nSPS) is 10.5. The average molecular weight is 384 g/mol. The SMILES string of the molecule is Cc1cc(-c2cccc(-c3noc(COc4ccccc4)n3)c2)c(C#N)c(=O)[nH]1. The van der Waals surface area contributed by atoms with Crippen LogP contribution in [-0.2, 0) is 6.61 Å². The first-order chi connectivity index (χ1) is 14.1. The van der Waals surface area contributed by atoms with Crippen LogP contribution in [-0.4, -0.2) is 15.1 Å². The molecular weight excluding hydrogens is 368 g/mol. The number of H-pyrrole nitrogens is 1. The first kappa shape index (κ1) is 18.2. The molecule has 0 aliphatic rings. The zero-order chi connectivity index (χ0) is 20.2. The summed E-state index contributed by atoms with van der Waals surface area (Å²) in [7, 11) is 0. The van der Waals surface area contributed by atoms with Gasteiger partial charge in [0.15, 0.2) is 6.61 Å². The number of aromatic amines is 1. The summed E-state index contributed by atoms with van der Waals surface area (Å²) in [4.78, 5) is 19.1. The topological polar surface area (TPSA) is 105 Å². The van der Waals surface area contributed by atoms with Crippen molar-refractivity contribution in [2.45, 2.75) is 13.5 Å². The molecule has 0 aliphatic carbocycles. The fourth-order valence-corrected chi connectivity index (χ4v) is 2.95. The highest BCUT2D eigenvalue weighted by molar-refractivity contribution is 5.74. The second kappa shape index (κ2) is 7.82. The number of pyridine rings is 1. The minimum absolute atomic E-state index is 0.0674. The summed E-state index contributed by atoms with van der Waals surface area (Å²) in [6.45, 7) is 1.93. The van der Waals surface area contributed by atoms with Gasteiger partial charge in [0.25, 0.3) is 11.4 Å². The van der Waals surface area contributed by atoms with Gasteiger partial charge in [0.1, 0.15) is 17.4 Å². The van der Waals surface area contributed by atoms with E-state index in [9.17, 15) is 10.1 Å². The van der Waals surface area contributed by atoms with Crippen LogP contribution in [0.15, 0.2) is 70.0 Å². The maximum atomic E-state index is 12.1. The Morgan fingerprint density at radius 3 is 2.69 bits per heavy atom. The number of nitriles is 1. The van der Waals surface area contributed by atoms with Gasteiger partial charge in [0.05, 0.1) is 0 Å². The molecule has 0 unspecified atom stereocenters. The Balaban J connectivity index is 1.61. The van der Waals surface area contributed by atoms with Crippen LogP contribution >= 0.6 is 0 Å². The van der Waals surface area contributed by atoms with Gasteiger partial charge in [-0.05, 0) is 36.8 Å². The lowest BCUT2D eigenvalue weighted by Gasteiger charge is -2.06. The Morgan fingerprint density at radius 2 is 1.90 bits per heavy atom. The van der Waals surface area contributed by atoms with Crippen molar-refractivity contribution >= 4 is 0 Å². The maximum Gasteiger partial charge on any atom is 0.266 e. The fourth-order valence-electron chi connectivity index (χ4n) is 2.95. The number of hydrogen-bond donors (Lipinski definition) is 1. The summed E-state index contributed by atoms with van der Waals surface area (Å²) >= 11 is 0. The van der Waals surface area contributed by atoms with Crippen LogP contribution in [0.25, 0.3) is 22.5 Å². The number of hydrogen-bond acceptors (Lipinski definition) is 6. The van der Waals surface area contributed by atoms with E-state index in [2.05, 4.69) is 15.1 Å². The molecule has 1 N–H and O–H groups in total. The lowest BCUT2D eigenvalue weighted by molar-refractivity contribution is 0.243. The van der Waals surface area contributed by atoms with Gasteiger partial charge < -0.3 is 14.2 Å². The zero-order valence-electron chi connectivity index (χ0n) is 15.5. The van der Waals surface area contributed by atoms with E-state index in [0.717, 1.165) is 5.56 Å². The number of aromatic nitrogens is 3. The minimum atomic E-state index is -0.409. The lowest BCUT2D eigenvalue weighted by atomic mass is 9.99. The molecule has 7 heteroatoms. The van der Waals surface area contributed by atoms with E-state index >= 15 is 0 Å². The Kier molecular flexibility index (Phi) is 4.91. The molecule has 0 atom stereocenters. The van der Waals surface area contributed by atoms with Gasteiger partial charge in [0, 0.05) is 16.8 Å². The molecule has 142 valence electrons. The number of ether oxygens (including phenoxy) is 1. The van der Waals surface area contributed by atoms with Gasteiger partial charge in [-0.2, -0.15) is 10.2 Å². The lowest BCUT2D eigenvalue weighted by Crippen LogP contribution is -2.12. The van der Waals surface area contributed by atoms with Crippen LogP contribution in [0.4, 0.5) is 0 Å². The molecule has 2 aromatic carbocycles. The number of aryl methyl sites for hydroxylation is 1. The number of nitrogens with one attached hydrogen (secondary N) is 1. The predicted octanol–water partition coefficient (Wildman–Crippen LogP) is 3.85. The van der Waals surface area contributed by atoms with E-state index in [0.29, 0.717) is 34.3 Å². The molecule has 4 rings (SSSR count). The Morgan fingerprint density at radius 1 is 1.10 bits per heavy atom. The third-order valence-corrected chi connectivity index (χ3v) is 4.29.